The van der Waals surface area contributed by atoms with E-state index in [-0.39, 0.29) is 52.0 Å². The van der Waals surface area contributed by atoms with Gasteiger partial charge in [0.15, 0.2) is 0 Å². The second kappa shape index (κ2) is 10.1. The molecular weight excluding hydrogens is 420 g/mol. The summed E-state index contributed by atoms with van der Waals surface area (Å²) in [6.07, 6.45) is 0. The molecule has 2 rings (SSSR count). The van der Waals surface area contributed by atoms with E-state index in [2.05, 4.69) is 20.6 Å². The van der Waals surface area contributed by atoms with Crippen molar-refractivity contribution >= 4 is 0 Å². The molecule has 0 saturated heterocycles. The van der Waals surface area contributed by atoms with Gasteiger partial charge in [0, 0.05) is 5.56 Å². The van der Waals surface area contributed by atoms with Crippen molar-refractivity contribution in [2.75, 3.05) is 0 Å². The number of H-pyrrole nitrogens is 1. The zero-order valence-corrected chi connectivity index (χ0v) is 11.3. The van der Waals surface area contributed by atoms with E-state index in [1.807, 2.05) is 30.3 Å². The third-order valence-corrected chi connectivity index (χ3v) is 1.38. The molecular formula is C7H9Cl2N5Pt. The molecule has 2 aromatic rings. The Balaban J connectivity index is -0.000000360. The minimum Gasteiger partial charge on any atom is -1.00 e. The van der Waals surface area contributed by atoms with Crippen LogP contribution in [0.3, 0.4) is 0 Å². The van der Waals surface area contributed by atoms with Gasteiger partial charge in [0.1, 0.15) is 0 Å². The summed E-state index contributed by atoms with van der Waals surface area (Å²) in [5, 5.41) is 13.5. The fourth-order valence-electron chi connectivity index (χ4n) is 0.871. The molecule has 86 valence electrons. The van der Waals surface area contributed by atoms with Gasteiger partial charge in [0.2, 0.25) is 5.82 Å². The maximum Gasteiger partial charge on any atom is 2.00 e. The standard InChI is InChI=1S/C7H6N4.2ClH.H3N.Pt/c1-2-4-6(5-3-1)7-8-10-11-9-7;;;;/h1-5H,(H,8,9,10,11);2*1H;1H3;/q;;;;+2/p-2. The Hall–Kier alpha value is -0.482. The third-order valence-electron chi connectivity index (χ3n) is 1.38. The molecule has 8 heteroatoms. The Morgan fingerprint density at radius 2 is 1.60 bits per heavy atom. The van der Waals surface area contributed by atoms with Gasteiger partial charge >= 0.3 is 21.1 Å². The van der Waals surface area contributed by atoms with Crippen LogP contribution in [-0.4, -0.2) is 20.6 Å². The first kappa shape index (κ1) is 20.0. The van der Waals surface area contributed by atoms with E-state index < -0.39 is 0 Å². The Bertz CT molecular complexity index is 328. The maximum absolute atomic E-state index is 3.84. The van der Waals surface area contributed by atoms with Crippen LogP contribution in [0, 0.1) is 0 Å². The van der Waals surface area contributed by atoms with Gasteiger partial charge in [-0.15, -0.1) is 10.2 Å². The first-order valence-electron chi connectivity index (χ1n) is 3.26. The van der Waals surface area contributed by atoms with E-state index in [0.717, 1.165) is 5.56 Å². The van der Waals surface area contributed by atoms with Gasteiger partial charge in [-0.25, -0.2) is 0 Å². The maximum atomic E-state index is 3.84. The molecule has 0 aliphatic carbocycles. The number of hydrogen-bond donors (Lipinski definition) is 2. The van der Waals surface area contributed by atoms with Crippen molar-refractivity contribution in [3.63, 3.8) is 0 Å². The number of benzene rings is 1. The zero-order chi connectivity index (χ0) is 7.52. The smallest absolute Gasteiger partial charge is 1.00 e. The summed E-state index contributed by atoms with van der Waals surface area (Å²) < 4.78 is 0. The average molecular weight is 429 g/mol. The van der Waals surface area contributed by atoms with Gasteiger partial charge < -0.3 is 31.0 Å². The monoisotopic (exact) mass is 428 g/mol. The van der Waals surface area contributed by atoms with Crippen molar-refractivity contribution in [2.24, 2.45) is 0 Å². The largest absolute Gasteiger partial charge is 2.00 e. The molecule has 0 unspecified atom stereocenters. The molecule has 15 heavy (non-hydrogen) atoms. The second-order valence-corrected chi connectivity index (χ2v) is 2.10. The molecule has 5 nitrogen and oxygen atoms in total. The average Bonchev–Trinajstić information content (AvgIpc) is 2.58. The number of nitrogens with zero attached hydrogens (tertiary/aromatic N) is 3. The normalized spacial score (nSPS) is 7.20. The Morgan fingerprint density at radius 3 is 2.07 bits per heavy atom. The fraction of sp³-hybridized carbons (Fsp3) is 0. The Morgan fingerprint density at radius 1 is 1.00 bits per heavy atom. The van der Waals surface area contributed by atoms with Crippen LogP contribution in [0.2, 0.25) is 0 Å². The number of halogens is 2. The molecule has 0 aliphatic rings. The number of aromatic nitrogens is 4. The van der Waals surface area contributed by atoms with E-state index in [4.69, 9.17) is 0 Å². The Labute approximate surface area is 114 Å². The number of rotatable bonds is 1. The molecule has 0 amide bonds. The number of hydrogen-bond acceptors (Lipinski definition) is 4. The van der Waals surface area contributed by atoms with Crippen LogP contribution in [0.5, 0.6) is 0 Å². The summed E-state index contributed by atoms with van der Waals surface area (Å²) in [4.78, 5) is 0. The van der Waals surface area contributed by atoms with Gasteiger partial charge in [-0.05, 0) is 5.21 Å². The summed E-state index contributed by atoms with van der Waals surface area (Å²) in [5.74, 6) is 0.630. The molecule has 1 aromatic heterocycles. The number of nitrogens with one attached hydrogen (secondary N) is 1. The van der Waals surface area contributed by atoms with Gasteiger partial charge in [0.05, 0.1) is 0 Å². The van der Waals surface area contributed by atoms with Crippen LogP contribution < -0.4 is 31.0 Å². The summed E-state index contributed by atoms with van der Waals surface area (Å²) >= 11 is 0. The predicted octanol–water partition coefficient (Wildman–Crippen LogP) is -4.97. The molecule has 0 bridgehead atoms. The molecule has 1 aromatic carbocycles. The number of tetrazole rings is 1. The van der Waals surface area contributed by atoms with E-state index >= 15 is 0 Å². The van der Waals surface area contributed by atoms with Crippen molar-refractivity contribution in [3.8, 4) is 11.4 Å². The van der Waals surface area contributed by atoms with Crippen molar-refractivity contribution in [2.45, 2.75) is 0 Å². The van der Waals surface area contributed by atoms with Crippen molar-refractivity contribution in [3.05, 3.63) is 30.3 Å². The number of aromatic amines is 1. The van der Waals surface area contributed by atoms with Gasteiger partial charge in [0.25, 0.3) is 0 Å². The van der Waals surface area contributed by atoms with Crippen LogP contribution in [0.15, 0.2) is 30.3 Å². The molecule has 0 fully saturated rings. The predicted molar refractivity (Wildman–Crippen MR) is 44.6 cm³/mol. The summed E-state index contributed by atoms with van der Waals surface area (Å²) in [6.45, 7) is 0. The fourth-order valence-corrected chi connectivity index (χ4v) is 0.871. The molecule has 0 atom stereocenters. The topological polar surface area (TPSA) is 89.5 Å². The van der Waals surface area contributed by atoms with Gasteiger partial charge in [-0.3, -0.25) is 0 Å². The van der Waals surface area contributed by atoms with Crippen LogP contribution in [-0.2, 0) is 21.1 Å². The van der Waals surface area contributed by atoms with E-state index in [1.165, 1.54) is 0 Å². The molecule has 0 spiro atoms. The van der Waals surface area contributed by atoms with Crippen molar-refractivity contribution in [1.82, 2.24) is 26.8 Å². The minimum atomic E-state index is 0. The Kier molecular flexibility index (Phi) is 13.4. The van der Waals surface area contributed by atoms with Gasteiger partial charge in [-0.1, -0.05) is 30.3 Å². The molecule has 0 radical (unpaired) electrons. The van der Waals surface area contributed by atoms with Crippen LogP contribution in [0.1, 0.15) is 0 Å². The van der Waals surface area contributed by atoms with Gasteiger partial charge in [-0.2, -0.15) is 5.21 Å². The first-order valence-corrected chi connectivity index (χ1v) is 3.26. The quantitative estimate of drug-likeness (QED) is 0.476. The second-order valence-electron chi connectivity index (χ2n) is 2.10. The van der Waals surface area contributed by atoms with Crippen molar-refractivity contribution in [1.29, 1.82) is 0 Å². The molecule has 4 N–H and O–H groups in total. The van der Waals surface area contributed by atoms with E-state index in [9.17, 15) is 0 Å². The van der Waals surface area contributed by atoms with E-state index in [1.54, 1.807) is 0 Å². The van der Waals surface area contributed by atoms with Crippen LogP contribution >= 0.6 is 0 Å². The SMILES string of the molecule is N.[Cl-].[Cl-].[Pt+2].c1ccc(-c2nn[nH]n2)cc1. The van der Waals surface area contributed by atoms with Crippen LogP contribution in [0.25, 0.3) is 11.4 Å². The van der Waals surface area contributed by atoms with Crippen LogP contribution in [0.4, 0.5) is 0 Å². The summed E-state index contributed by atoms with van der Waals surface area (Å²) in [5.41, 5.74) is 0.973. The third kappa shape index (κ3) is 5.23. The molecule has 0 saturated carbocycles. The first-order chi connectivity index (χ1) is 5.47. The summed E-state index contributed by atoms with van der Waals surface area (Å²) in [6, 6.07) is 9.69. The molecule has 1 heterocycles. The van der Waals surface area contributed by atoms with Crippen molar-refractivity contribution < 1.29 is 45.9 Å². The minimum absolute atomic E-state index is 0. The zero-order valence-electron chi connectivity index (χ0n) is 7.51. The summed E-state index contributed by atoms with van der Waals surface area (Å²) in [7, 11) is 0. The van der Waals surface area contributed by atoms with E-state index in [0.29, 0.717) is 5.82 Å². The molecule has 0 aliphatic heterocycles.